The molecule has 1 aromatic carbocycles. The molecule has 7 heteroatoms. The van der Waals surface area contributed by atoms with Crippen molar-refractivity contribution in [2.45, 2.75) is 6.10 Å². The molecule has 1 fully saturated rings. The molecule has 0 aliphatic carbocycles. The third-order valence-electron chi connectivity index (χ3n) is 3.12. The number of carbonyl (C=O) groups is 2. The summed E-state index contributed by atoms with van der Waals surface area (Å²) in [6.07, 6.45) is -0.993. The second-order valence-corrected chi connectivity index (χ2v) is 4.40. The number of hydrogen-bond acceptors (Lipinski definition) is 5. The summed E-state index contributed by atoms with van der Waals surface area (Å²) >= 11 is 0. The maximum atomic E-state index is 12.3. The molecule has 1 amide bonds. The predicted octanol–water partition coefficient (Wildman–Crippen LogP) is 0.203. The maximum Gasteiger partial charge on any atom is 0.334 e. The first-order valence-electron chi connectivity index (χ1n) is 6.10. The molecule has 0 bridgehead atoms. The molecule has 3 N–H and O–H groups in total. The number of hydrogen-bond donors (Lipinski definition) is 2. The lowest BCUT2D eigenvalue weighted by molar-refractivity contribution is -0.154. The van der Waals surface area contributed by atoms with Crippen molar-refractivity contribution in [3.8, 4) is 5.75 Å². The molecule has 0 aromatic heterocycles. The number of carbonyl (C=O) groups excluding carboxylic acids is 1. The van der Waals surface area contributed by atoms with Crippen molar-refractivity contribution in [2.24, 2.45) is 0 Å². The highest BCUT2D eigenvalue weighted by molar-refractivity contribution is 5.99. The molecule has 1 aliphatic rings. The number of aliphatic carboxylic acids is 1. The smallest absolute Gasteiger partial charge is 0.334 e. The summed E-state index contributed by atoms with van der Waals surface area (Å²) in [5.74, 6) is -0.825. The first-order valence-corrected chi connectivity index (χ1v) is 6.10. The molecule has 1 aliphatic heterocycles. The fourth-order valence-electron chi connectivity index (χ4n) is 2.02. The number of benzene rings is 1. The molecule has 2 rings (SSSR count). The Morgan fingerprint density at radius 1 is 1.50 bits per heavy atom. The Labute approximate surface area is 115 Å². The monoisotopic (exact) mass is 280 g/mol. The van der Waals surface area contributed by atoms with Gasteiger partial charge in [0, 0.05) is 18.3 Å². The topological polar surface area (TPSA) is 102 Å². The van der Waals surface area contributed by atoms with E-state index in [2.05, 4.69) is 0 Å². The number of carboxylic acid groups (broad SMARTS) is 1. The molecule has 0 spiro atoms. The highest BCUT2D eigenvalue weighted by Gasteiger charge is 2.30. The number of amides is 1. The van der Waals surface area contributed by atoms with Crippen LogP contribution in [0.25, 0.3) is 0 Å². The lowest BCUT2D eigenvalue weighted by Crippen LogP contribution is -2.48. The number of methoxy groups -OCH3 is 1. The number of ether oxygens (including phenoxy) is 2. The molecule has 0 radical (unpaired) electrons. The van der Waals surface area contributed by atoms with E-state index in [0.717, 1.165) is 0 Å². The second-order valence-electron chi connectivity index (χ2n) is 4.40. The van der Waals surface area contributed by atoms with Crippen LogP contribution in [-0.2, 0) is 9.53 Å². The maximum absolute atomic E-state index is 12.3. The summed E-state index contributed by atoms with van der Waals surface area (Å²) in [7, 11) is 1.51. The highest BCUT2D eigenvalue weighted by atomic mass is 16.5. The Kier molecular flexibility index (Phi) is 4.09. The Balaban J connectivity index is 2.16. The fourth-order valence-corrected chi connectivity index (χ4v) is 2.02. The van der Waals surface area contributed by atoms with Crippen LogP contribution in [0.2, 0.25) is 0 Å². The average Bonchev–Trinajstić information content (AvgIpc) is 2.46. The van der Waals surface area contributed by atoms with Gasteiger partial charge in [0.05, 0.1) is 25.8 Å². The van der Waals surface area contributed by atoms with Gasteiger partial charge >= 0.3 is 5.97 Å². The Morgan fingerprint density at radius 3 is 2.85 bits per heavy atom. The van der Waals surface area contributed by atoms with E-state index < -0.39 is 12.1 Å². The summed E-state index contributed by atoms with van der Waals surface area (Å²) in [6.45, 7) is 0.548. The normalized spacial score (nSPS) is 18.6. The van der Waals surface area contributed by atoms with Crippen molar-refractivity contribution in [1.29, 1.82) is 0 Å². The van der Waals surface area contributed by atoms with Gasteiger partial charge in [-0.3, -0.25) is 4.79 Å². The van der Waals surface area contributed by atoms with Gasteiger partial charge in [-0.25, -0.2) is 4.79 Å². The molecule has 1 atom stereocenters. The number of rotatable bonds is 3. The van der Waals surface area contributed by atoms with Crippen LogP contribution >= 0.6 is 0 Å². The van der Waals surface area contributed by atoms with Crippen LogP contribution in [0.3, 0.4) is 0 Å². The van der Waals surface area contributed by atoms with Crippen LogP contribution in [0.4, 0.5) is 5.69 Å². The molecule has 1 aromatic rings. The van der Waals surface area contributed by atoms with Gasteiger partial charge in [-0.2, -0.15) is 0 Å². The van der Waals surface area contributed by atoms with E-state index in [1.165, 1.54) is 12.0 Å². The number of nitrogen functional groups attached to an aromatic ring is 1. The van der Waals surface area contributed by atoms with Gasteiger partial charge < -0.3 is 25.2 Å². The van der Waals surface area contributed by atoms with Gasteiger partial charge in [-0.1, -0.05) is 0 Å². The van der Waals surface area contributed by atoms with Crippen molar-refractivity contribution in [3.05, 3.63) is 23.8 Å². The molecule has 1 unspecified atom stereocenters. The second kappa shape index (κ2) is 5.79. The van der Waals surface area contributed by atoms with Crippen LogP contribution in [0.5, 0.6) is 5.75 Å². The lowest BCUT2D eigenvalue weighted by Gasteiger charge is -2.31. The van der Waals surface area contributed by atoms with Gasteiger partial charge in [0.2, 0.25) is 0 Å². The van der Waals surface area contributed by atoms with Crippen molar-refractivity contribution >= 4 is 17.6 Å². The molecule has 0 saturated carbocycles. The standard InChI is InChI=1S/C13H16N2O5/c1-19-8-2-3-9(10(14)6-8)12(16)15-4-5-20-11(7-15)13(17)18/h2-3,6,11H,4-5,7,14H2,1H3,(H,17,18). The number of nitrogens with zero attached hydrogens (tertiary/aromatic N) is 1. The van der Waals surface area contributed by atoms with Crippen LogP contribution in [0.15, 0.2) is 18.2 Å². The van der Waals surface area contributed by atoms with Gasteiger partial charge in [0.1, 0.15) is 5.75 Å². The number of nitrogens with two attached hydrogens (primary N) is 1. The van der Waals surface area contributed by atoms with E-state index in [1.807, 2.05) is 0 Å². The predicted molar refractivity (Wildman–Crippen MR) is 70.7 cm³/mol. The van der Waals surface area contributed by atoms with E-state index in [4.69, 9.17) is 20.3 Å². The van der Waals surface area contributed by atoms with Crippen LogP contribution in [0, 0.1) is 0 Å². The van der Waals surface area contributed by atoms with Crippen LogP contribution in [0.1, 0.15) is 10.4 Å². The summed E-state index contributed by atoms with van der Waals surface area (Å²) < 4.78 is 10.1. The van der Waals surface area contributed by atoms with Crippen molar-refractivity contribution < 1.29 is 24.2 Å². The number of carboxylic acids is 1. The van der Waals surface area contributed by atoms with Gasteiger partial charge in [-0.15, -0.1) is 0 Å². The Morgan fingerprint density at radius 2 is 2.25 bits per heavy atom. The largest absolute Gasteiger partial charge is 0.497 e. The van der Waals surface area contributed by atoms with Gasteiger partial charge in [-0.05, 0) is 12.1 Å². The minimum atomic E-state index is -1.08. The molecular formula is C13H16N2O5. The molecule has 20 heavy (non-hydrogen) atoms. The summed E-state index contributed by atoms with van der Waals surface area (Å²) in [6, 6.07) is 4.77. The van der Waals surface area contributed by atoms with E-state index in [-0.39, 0.29) is 19.1 Å². The third-order valence-corrected chi connectivity index (χ3v) is 3.12. The molecule has 1 heterocycles. The minimum Gasteiger partial charge on any atom is -0.497 e. The Hall–Kier alpha value is -2.28. The summed E-state index contributed by atoms with van der Waals surface area (Å²) in [5, 5.41) is 8.93. The molecule has 108 valence electrons. The van der Waals surface area contributed by atoms with E-state index >= 15 is 0 Å². The van der Waals surface area contributed by atoms with Crippen molar-refractivity contribution in [1.82, 2.24) is 4.90 Å². The van der Waals surface area contributed by atoms with Crippen molar-refractivity contribution in [3.63, 3.8) is 0 Å². The van der Waals surface area contributed by atoms with Crippen LogP contribution < -0.4 is 10.5 Å². The average molecular weight is 280 g/mol. The van der Waals surface area contributed by atoms with Crippen molar-refractivity contribution in [2.75, 3.05) is 32.5 Å². The third kappa shape index (κ3) is 2.83. The minimum absolute atomic E-state index is 0.0135. The first kappa shape index (κ1) is 14.1. The molecule has 1 saturated heterocycles. The number of anilines is 1. The van der Waals surface area contributed by atoms with E-state index in [0.29, 0.717) is 23.5 Å². The van der Waals surface area contributed by atoms with Crippen LogP contribution in [-0.4, -0.2) is 54.8 Å². The first-order chi connectivity index (χ1) is 9.52. The molecule has 7 nitrogen and oxygen atoms in total. The highest BCUT2D eigenvalue weighted by Crippen LogP contribution is 2.22. The zero-order valence-electron chi connectivity index (χ0n) is 11.0. The SMILES string of the molecule is COc1ccc(C(=O)N2CCOC(C(=O)O)C2)c(N)c1. The van der Waals surface area contributed by atoms with Gasteiger partial charge in [0.25, 0.3) is 5.91 Å². The zero-order chi connectivity index (χ0) is 14.7. The summed E-state index contributed by atoms with van der Waals surface area (Å²) in [5.41, 5.74) is 6.45. The lowest BCUT2D eigenvalue weighted by atomic mass is 10.1. The van der Waals surface area contributed by atoms with E-state index in [9.17, 15) is 9.59 Å². The van der Waals surface area contributed by atoms with E-state index in [1.54, 1.807) is 18.2 Å². The summed E-state index contributed by atoms with van der Waals surface area (Å²) in [4.78, 5) is 24.7. The van der Waals surface area contributed by atoms with Gasteiger partial charge in [0.15, 0.2) is 6.10 Å². The zero-order valence-corrected chi connectivity index (χ0v) is 11.0. The molecular weight excluding hydrogens is 264 g/mol. The Bertz CT molecular complexity index is 531. The fraction of sp³-hybridized carbons (Fsp3) is 0.385. The number of morpholine rings is 1. The quantitative estimate of drug-likeness (QED) is 0.767.